The zero-order chi connectivity index (χ0) is 103. The third-order valence-corrected chi connectivity index (χ3v) is 30.1. The van der Waals surface area contributed by atoms with E-state index in [9.17, 15) is 70.2 Å². The Kier molecular flexibility index (Phi) is 36.0. The lowest BCUT2D eigenvalue weighted by Crippen LogP contribution is -2.25. The summed E-state index contributed by atoms with van der Waals surface area (Å²) in [5.41, 5.74) is 19.5. The van der Waals surface area contributed by atoms with E-state index >= 15 is 0 Å². The zero-order valence-corrected chi connectivity index (χ0v) is 85.2. The predicted molar refractivity (Wildman–Crippen MR) is 547 cm³/mol. The second-order valence-electron chi connectivity index (χ2n) is 41.1. The van der Waals surface area contributed by atoms with E-state index in [0.717, 1.165) is 164 Å². The molecule has 0 unspecified atom stereocenters. The van der Waals surface area contributed by atoms with Crippen molar-refractivity contribution in [2.45, 2.75) is 264 Å². The van der Waals surface area contributed by atoms with Gasteiger partial charge in [0, 0.05) is 11.6 Å². The summed E-state index contributed by atoms with van der Waals surface area (Å²) in [6, 6.07) is 55.0. The fourth-order valence-electron chi connectivity index (χ4n) is 21.5. The SMILES string of the molecule is CC1CCC(C2CCC(Cc3ccc(-c4cc(F)c(F)c(F)c4)cc3)CC2)CC1.CCc1cc(C)c(-c2cc(F)c(C(F)(F)Oc3cc(C)c(C)c(F)c3)c(F)c2)c(C)c1.CCc1cc(F)c(C(F)(F)Oc2cc(C)c(-c3cc(C)c(C)c(F)c3)c(C)c2)c(F)c1.Cc1cc(-c2c(C)cc(CC3CCC(C)CC3)cc2C)cc(F)c1F.Cc1ccc(-c2ccc(-c3ccc(C4CCC(C)CC4)cc3)cc2F)cc1. The first-order chi connectivity index (χ1) is 67.8. The molecule has 13 aromatic rings. The number of ether oxygens (including phenoxy) is 2. The van der Waals surface area contributed by atoms with E-state index < -0.39 is 87.3 Å². The summed E-state index contributed by atoms with van der Waals surface area (Å²) < 4.78 is 236. The van der Waals surface area contributed by atoms with Crippen LogP contribution in [0.1, 0.15) is 249 Å². The summed E-state index contributed by atoms with van der Waals surface area (Å²) in [4.78, 5) is 0. The monoisotopic (exact) mass is 1970 g/mol. The first-order valence-corrected chi connectivity index (χ1v) is 50.5. The average Bonchev–Trinajstić information content (AvgIpc) is 0.769. The van der Waals surface area contributed by atoms with Gasteiger partial charge in [-0.25, -0.2) is 52.7 Å². The molecule has 4 aliphatic rings. The molecule has 0 aliphatic heterocycles. The molecule has 0 heterocycles. The topological polar surface area (TPSA) is 18.5 Å². The van der Waals surface area contributed by atoms with E-state index in [4.69, 9.17) is 4.74 Å². The van der Waals surface area contributed by atoms with Gasteiger partial charge in [0.2, 0.25) is 0 Å². The molecule has 4 aliphatic carbocycles. The van der Waals surface area contributed by atoms with Gasteiger partial charge in [0.25, 0.3) is 0 Å². The van der Waals surface area contributed by atoms with E-state index in [1.807, 2.05) is 92.7 Å². The zero-order valence-electron chi connectivity index (χ0n) is 85.2. The van der Waals surface area contributed by atoms with E-state index in [-0.39, 0.29) is 34.1 Å². The molecule has 0 N–H and O–H groups in total. The van der Waals surface area contributed by atoms with Gasteiger partial charge < -0.3 is 9.47 Å². The van der Waals surface area contributed by atoms with Crippen molar-refractivity contribution in [2.75, 3.05) is 0 Å². The van der Waals surface area contributed by atoms with Crippen molar-refractivity contribution in [1.29, 1.82) is 0 Å². The fraction of sp³-hybridized carbons (Fsp3) is 0.376. The van der Waals surface area contributed by atoms with Crippen LogP contribution in [-0.2, 0) is 37.9 Å². The molecular weight excluding hydrogens is 1840 g/mol. The van der Waals surface area contributed by atoms with Gasteiger partial charge in [0.1, 0.15) is 63.3 Å². The van der Waals surface area contributed by atoms with Crippen LogP contribution < -0.4 is 9.47 Å². The Morgan fingerprint density at radius 1 is 0.259 bits per heavy atom. The summed E-state index contributed by atoms with van der Waals surface area (Å²) >= 11 is 0. The lowest BCUT2D eigenvalue weighted by molar-refractivity contribution is -0.190. The highest BCUT2D eigenvalue weighted by Crippen LogP contribution is 2.47. The summed E-state index contributed by atoms with van der Waals surface area (Å²) in [7, 11) is 0. The van der Waals surface area contributed by atoms with Crippen molar-refractivity contribution in [2.24, 2.45) is 41.4 Å². The van der Waals surface area contributed by atoms with E-state index in [0.29, 0.717) is 73.5 Å². The van der Waals surface area contributed by atoms with Crippen molar-refractivity contribution in [3.05, 3.63) is 376 Å². The Hall–Kier alpha value is -11.7. The van der Waals surface area contributed by atoms with Gasteiger partial charge in [-0.2, -0.15) is 17.6 Å². The molecule has 0 aromatic heterocycles. The number of rotatable bonds is 20. The maximum atomic E-state index is 14.8. The number of alkyl halides is 4. The third-order valence-electron chi connectivity index (χ3n) is 30.1. The third kappa shape index (κ3) is 27.1. The van der Waals surface area contributed by atoms with Crippen molar-refractivity contribution in [3.63, 3.8) is 0 Å². The van der Waals surface area contributed by atoms with Crippen LogP contribution in [0.5, 0.6) is 11.5 Å². The Balaban J connectivity index is 0.000000150. The summed E-state index contributed by atoms with van der Waals surface area (Å²) in [5, 5.41) is 0. The van der Waals surface area contributed by atoms with Crippen LogP contribution in [0.15, 0.2) is 200 Å². The van der Waals surface area contributed by atoms with Crippen molar-refractivity contribution in [3.8, 4) is 78.3 Å². The van der Waals surface area contributed by atoms with Gasteiger partial charge in [-0.15, -0.1) is 0 Å². The van der Waals surface area contributed by atoms with Crippen molar-refractivity contribution < 1.29 is 79.7 Å². The molecule has 2 nitrogen and oxygen atoms in total. The van der Waals surface area contributed by atoms with Gasteiger partial charge in [0.05, 0.1) is 0 Å². The minimum Gasteiger partial charge on any atom is -0.429 e. The number of halogens is 16. The lowest BCUT2D eigenvalue weighted by Gasteiger charge is -2.37. The molecule has 0 spiro atoms. The smallest absolute Gasteiger partial charge is 0.429 e. The van der Waals surface area contributed by atoms with Crippen LogP contribution >= 0.6 is 0 Å². The van der Waals surface area contributed by atoms with Crippen molar-refractivity contribution in [1.82, 2.24) is 0 Å². The summed E-state index contributed by atoms with van der Waals surface area (Å²) in [6.45, 7) is 32.0. The summed E-state index contributed by atoms with van der Waals surface area (Å²) in [6.07, 6.45) is 16.4. The quantitative estimate of drug-likeness (QED) is 0.0559. The predicted octanol–water partition coefficient (Wildman–Crippen LogP) is 38.0. The standard InChI is InChI=1S/C26H31F3.C26H27F.2C25H23F5O.C23H28F2/c1-17-2-8-20(9-3-17)21-10-4-18(5-11-21)14-19-6-12-22(13-7-19)23-15-24(27)26(29)25(28)16-23;1-18-3-7-20(8-4-18)21-11-13-22(14-12-21)24-15-16-25(26(27)17-24)23-9-5-19(2)6-10-23;1-6-17-7-14(3)23(15(4)8-17)18-10-21(27)24(22(28)11-18)25(29,30)31-19-9-13(2)16(5)20(26)12-19;1-6-17-10-21(27)24(22(28)11-17)25(29,30)31-19-8-14(3)23(15(4)9-19)18-7-13(2)16(5)20(26)12-18;1-14-5-7-18(8-6-14)12-19-9-15(2)22(16(3)10-19)20-11-17(4)23(25)21(24)13-20/h6-7,12-13,15-18,20-21H,2-5,8-11,14H2,1H3;5-6,9-18,20H,3-4,7-8H2,1-2H3;2*7-12H,6H2,1-5H3;9-11,13-14,18H,5-8,12H2,1-4H3. The molecule has 0 bridgehead atoms. The van der Waals surface area contributed by atoms with Crippen LogP contribution in [0.3, 0.4) is 0 Å². The van der Waals surface area contributed by atoms with Crippen LogP contribution in [0.2, 0.25) is 0 Å². The summed E-state index contributed by atoms with van der Waals surface area (Å²) in [5.74, 6) is -6.09. The van der Waals surface area contributed by atoms with Crippen LogP contribution in [0.4, 0.5) is 70.2 Å². The number of benzene rings is 13. The maximum absolute atomic E-state index is 14.8. The molecule has 13 aromatic carbocycles. The van der Waals surface area contributed by atoms with Gasteiger partial charge in [0.15, 0.2) is 29.1 Å². The fourth-order valence-corrected chi connectivity index (χ4v) is 21.5. The minimum absolute atomic E-state index is 0.157. The highest BCUT2D eigenvalue weighted by Gasteiger charge is 2.44. The molecule has 0 radical (unpaired) electrons. The van der Waals surface area contributed by atoms with Gasteiger partial charge in [-0.1, -0.05) is 194 Å². The van der Waals surface area contributed by atoms with E-state index in [1.54, 1.807) is 67.5 Å². The second-order valence-corrected chi connectivity index (χ2v) is 41.1. The number of hydrogen-bond acceptors (Lipinski definition) is 2. The average molecular weight is 1970 g/mol. The van der Waals surface area contributed by atoms with Crippen LogP contribution in [-0.4, -0.2) is 0 Å². The largest absolute Gasteiger partial charge is 0.432 e. The first kappa shape index (κ1) is 109. The van der Waals surface area contributed by atoms with Crippen LogP contribution in [0, 0.1) is 194 Å². The molecule has 18 heteroatoms. The normalized spacial score (nSPS) is 18.0. The Bertz CT molecular complexity index is 6410. The van der Waals surface area contributed by atoms with Crippen molar-refractivity contribution >= 4 is 0 Å². The molecule has 143 heavy (non-hydrogen) atoms. The minimum atomic E-state index is -4.34. The Labute approximate surface area is 834 Å². The number of hydrogen-bond donors (Lipinski definition) is 0. The molecule has 0 amide bonds. The highest BCUT2D eigenvalue weighted by molar-refractivity contribution is 5.76. The molecule has 0 atom stereocenters. The molecule has 756 valence electrons. The molecule has 4 fully saturated rings. The van der Waals surface area contributed by atoms with Gasteiger partial charge in [-0.05, 0) is 449 Å². The highest BCUT2D eigenvalue weighted by atomic mass is 19.3. The molecular formula is C125H132F16O2. The second kappa shape index (κ2) is 47.5. The molecule has 17 rings (SSSR count). The lowest BCUT2D eigenvalue weighted by atomic mass is 9.69. The number of aryl methyl sites for hydroxylation is 12. The molecule has 0 saturated heterocycles. The Morgan fingerprint density at radius 2 is 0.587 bits per heavy atom. The van der Waals surface area contributed by atoms with E-state index in [1.165, 1.54) is 169 Å². The Morgan fingerprint density at radius 3 is 1.05 bits per heavy atom. The van der Waals surface area contributed by atoms with E-state index in [2.05, 4.69) is 75.8 Å². The van der Waals surface area contributed by atoms with Crippen LogP contribution in [0.25, 0.3) is 66.8 Å². The first-order valence-electron chi connectivity index (χ1n) is 50.5. The van der Waals surface area contributed by atoms with Gasteiger partial charge in [-0.3, -0.25) is 0 Å². The maximum Gasteiger partial charge on any atom is 0.432 e. The molecule has 4 saturated carbocycles. The van der Waals surface area contributed by atoms with Gasteiger partial charge >= 0.3 is 12.2 Å².